The number of ether oxygens (including phenoxy) is 1. The second-order valence-electron chi connectivity index (χ2n) is 8.24. The maximum Gasteiger partial charge on any atom is 0.261 e. The summed E-state index contributed by atoms with van der Waals surface area (Å²) in [7, 11) is 0. The van der Waals surface area contributed by atoms with Gasteiger partial charge in [-0.3, -0.25) is 9.59 Å². The minimum Gasteiger partial charge on any atom is -0.483 e. The van der Waals surface area contributed by atoms with Crippen molar-refractivity contribution in [3.05, 3.63) is 62.6 Å². The summed E-state index contributed by atoms with van der Waals surface area (Å²) >= 11 is 12.4. The van der Waals surface area contributed by atoms with Crippen molar-refractivity contribution in [1.29, 1.82) is 0 Å². The van der Waals surface area contributed by atoms with Crippen LogP contribution in [0.1, 0.15) is 49.4 Å². The Labute approximate surface area is 201 Å². The monoisotopic (exact) mass is 478 g/mol. The first-order valence-electron chi connectivity index (χ1n) is 10.8. The van der Waals surface area contributed by atoms with Gasteiger partial charge in [0.05, 0.1) is 0 Å². The van der Waals surface area contributed by atoms with Gasteiger partial charge in [-0.25, -0.2) is 0 Å². The molecule has 32 heavy (non-hydrogen) atoms. The van der Waals surface area contributed by atoms with E-state index in [1.165, 1.54) is 4.90 Å². The van der Waals surface area contributed by atoms with Gasteiger partial charge in [0, 0.05) is 22.6 Å². The first kappa shape index (κ1) is 26.0. The number of hydrogen-bond donors (Lipinski definition) is 1. The molecule has 2 aromatic carbocycles. The molecule has 0 heterocycles. The number of rotatable bonds is 9. The molecule has 0 aliphatic carbocycles. The number of benzene rings is 2. The molecule has 0 bridgehead atoms. The summed E-state index contributed by atoms with van der Waals surface area (Å²) in [6.45, 7) is 11.6. The highest BCUT2D eigenvalue weighted by molar-refractivity contribution is 6.35. The number of nitrogens with zero attached hydrogens (tertiary/aromatic N) is 1. The molecule has 2 unspecified atom stereocenters. The van der Waals surface area contributed by atoms with Crippen molar-refractivity contribution in [1.82, 2.24) is 10.2 Å². The van der Waals surface area contributed by atoms with Crippen molar-refractivity contribution in [2.45, 2.75) is 66.6 Å². The molecule has 0 fully saturated rings. The van der Waals surface area contributed by atoms with Crippen molar-refractivity contribution in [2.24, 2.45) is 0 Å². The molecule has 0 spiro atoms. The number of hydrogen-bond acceptors (Lipinski definition) is 3. The van der Waals surface area contributed by atoms with Gasteiger partial charge >= 0.3 is 0 Å². The van der Waals surface area contributed by atoms with Gasteiger partial charge in [0.1, 0.15) is 11.8 Å². The van der Waals surface area contributed by atoms with E-state index in [1.807, 2.05) is 40.7 Å². The van der Waals surface area contributed by atoms with E-state index in [9.17, 15) is 9.59 Å². The molecule has 0 aliphatic rings. The third kappa shape index (κ3) is 6.88. The lowest BCUT2D eigenvalue weighted by atomic mass is 10.1. The topological polar surface area (TPSA) is 58.6 Å². The first-order valence-corrected chi connectivity index (χ1v) is 11.5. The summed E-state index contributed by atoms with van der Waals surface area (Å²) in [6.07, 6.45) is 0.796. The average Bonchev–Trinajstić information content (AvgIpc) is 2.73. The predicted molar refractivity (Wildman–Crippen MR) is 131 cm³/mol. The lowest BCUT2D eigenvalue weighted by molar-refractivity contribution is -0.142. The zero-order valence-corrected chi connectivity index (χ0v) is 21.1. The number of halogens is 2. The van der Waals surface area contributed by atoms with Crippen LogP contribution in [0, 0.1) is 20.8 Å². The van der Waals surface area contributed by atoms with Gasteiger partial charge in [-0.05, 0) is 81.5 Å². The smallest absolute Gasteiger partial charge is 0.261 e. The van der Waals surface area contributed by atoms with Crippen molar-refractivity contribution < 1.29 is 14.3 Å². The molecule has 0 saturated carbocycles. The van der Waals surface area contributed by atoms with Crippen LogP contribution < -0.4 is 10.1 Å². The molecule has 2 atom stereocenters. The molecule has 0 aromatic heterocycles. The molecule has 2 amide bonds. The third-order valence-corrected chi connectivity index (χ3v) is 6.23. The highest BCUT2D eigenvalue weighted by Crippen LogP contribution is 2.25. The lowest BCUT2D eigenvalue weighted by Gasteiger charge is -2.30. The van der Waals surface area contributed by atoms with Crippen molar-refractivity contribution >= 4 is 35.0 Å². The minimum atomic E-state index is -0.702. The Morgan fingerprint density at radius 3 is 2.41 bits per heavy atom. The number of carbonyl (C=O) groups is 2. The zero-order valence-electron chi connectivity index (χ0n) is 19.6. The molecular weight excluding hydrogens is 447 g/mol. The van der Waals surface area contributed by atoms with Crippen molar-refractivity contribution in [3.8, 4) is 5.75 Å². The van der Waals surface area contributed by atoms with Crippen LogP contribution >= 0.6 is 23.2 Å². The van der Waals surface area contributed by atoms with E-state index in [4.69, 9.17) is 27.9 Å². The van der Waals surface area contributed by atoms with E-state index in [-0.39, 0.29) is 31.0 Å². The second-order valence-corrected chi connectivity index (χ2v) is 9.09. The van der Waals surface area contributed by atoms with E-state index >= 15 is 0 Å². The fourth-order valence-corrected chi connectivity index (χ4v) is 3.72. The quantitative estimate of drug-likeness (QED) is 0.507. The van der Waals surface area contributed by atoms with Gasteiger partial charge in [0.25, 0.3) is 5.91 Å². The van der Waals surface area contributed by atoms with Gasteiger partial charge in [-0.15, -0.1) is 0 Å². The number of amides is 2. The summed E-state index contributed by atoms with van der Waals surface area (Å²) < 4.78 is 5.88. The molecular formula is C25H32Cl2N2O3. The molecule has 2 aromatic rings. The normalized spacial score (nSPS) is 12.8. The van der Waals surface area contributed by atoms with Gasteiger partial charge in [-0.2, -0.15) is 0 Å². The van der Waals surface area contributed by atoms with Gasteiger partial charge in [0.15, 0.2) is 6.61 Å². The Bertz CT molecular complexity index is 978. The van der Waals surface area contributed by atoms with Crippen LogP contribution in [0.3, 0.4) is 0 Å². The highest BCUT2D eigenvalue weighted by atomic mass is 35.5. The standard InChI is InChI=1S/C25H32Cl2N2O3/c1-7-17(4)28-25(31)19(6)29(13-20-8-9-21(26)12-22(20)27)24(30)14-32-23-11-15(2)10-16(3)18(23)5/h8-12,17,19H,7,13-14H2,1-6H3,(H,28,31). The molecule has 0 aliphatic heterocycles. The summed E-state index contributed by atoms with van der Waals surface area (Å²) in [5, 5.41) is 3.89. The van der Waals surface area contributed by atoms with E-state index < -0.39 is 6.04 Å². The van der Waals surface area contributed by atoms with Gasteiger partial charge in [-0.1, -0.05) is 42.3 Å². The second kappa shape index (κ2) is 11.6. The van der Waals surface area contributed by atoms with Crippen LogP contribution in [0.4, 0.5) is 0 Å². The molecule has 1 N–H and O–H groups in total. The fraction of sp³-hybridized carbons (Fsp3) is 0.440. The van der Waals surface area contributed by atoms with Crippen LogP contribution in [0.25, 0.3) is 0 Å². The maximum atomic E-state index is 13.2. The summed E-state index contributed by atoms with van der Waals surface area (Å²) in [5.74, 6) is 0.138. The van der Waals surface area contributed by atoms with Crippen LogP contribution in [-0.2, 0) is 16.1 Å². The third-order valence-electron chi connectivity index (χ3n) is 5.64. The SMILES string of the molecule is CCC(C)NC(=O)C(C)N(Cc1ccc(Cl)cc1Cl)C(=O)COc1cc(C)cc(C)c1C. The van der Waals surface area contributed by atoms with Gasteiger partial charge in [0.2, 0.25) is 5.91 Å². The number of nitrogens with one attached hydrogen (secondary N) is 1. The molecule has 7 heteroatoms. The Kier molecular flexibility index (Phi) is 9.41. The lowest BCUT2D eigenvalue weighted by Crippen LogP contribution is -2.50. The Morgan fingerprint density at radius 2 is 1.78 bits per heavy atom. The van der Waals surface area contributed by atoms with E-state index in [1.54, 1.807) is 25.1 Å². The molecule has 2 rings (SSSR count). The van der Waals surface area contributed by atoms with Crippen LogP contribution in [-0.4, -0.2) is 35.4 Å². The van der Waals surface area contributed by atoms with Crippen LogP contribution in [0.15, 0.2) is 30.3 Å². The minimum absolute atomic E-state index is 0.00944. The van der Waals surface area contributed by atoms with Crippen LogP contribution in [0.2, 0.25) is 10.0 Å². The fourth-order valence-electron chi connectivity index (χ4n) is 3.25. The Hall–Kier alpha value is -2.24. The van der Waals surface area contributed by atoms with E-state index in [0.29, 0.717) is 21.4 Å². The molecule has 5 nitrogen and oxygen atoms in total. The predicted octanol–water partition coefficient (Wildman–Crippen LogP) is 5.63. The zero-order chi connectivity index (χ0) is 24.0. The maximum absolute atomic E-state index is 13.2. The van der Waals surface area contributed by atoms with E-state index in [2.05, 4.69) is 11.4 Å². The average molecular weight is 479 g/mol. The number of carbonyl (C=O) groups excluding carboxylic acids is 2. The summed E-state index contributed by atoms with van der Waals surface area (Å²) in [5.41, 5.74) is 3.84. The van der Waals surface area contributed by atoms with E-state index in [0.717, 1.165) is 23.1 Å². The number of aryl methyl sites for hydroxylation is 2. The van der Waals surface area contributed by atoms with Gasteiger partial charge < -0.3 is 15.0 Å². The summed E-state index contributed by atoms with van der Waals surface area (Å²) in [4.78, 5) is 27.5. The Balaban J connectivity index is 2.26. The summed E-state index contributed by atoms with van der Waals surface area (Å²) in [6, 6.07) is 8.39. The van der Waals surface area contributed by atoms with Crippen LogP contribution in [0.5, 0.6) is 5.75 Å². The highest BCUT2D eigenvalue weighted by Gasteiger charge is 2.28. The molecule has 0 radical (unpaired) electrons. The molecule has 174 valence electrons. The molecule has 0 saturated heterocycles. The Morgan fingerprint density at radius 1 is 1.09 bits per heavy atom. The van der Waals surface area contributed by atoms with Crippen molar-refractivity contribution in [3.63, 3.8) is 0 Å². The first-order chi connectivity index (χ1) is 15.0. The largest absolute Gasteiger partial charge is 0.483 e. The van der Waals surface area contributed by atoms with Crippen molar-refractivity contribution in [2.75, 3.05) is 6.61 Å².